The van der Waals surface area contributed by atoms with Crippen LogP contribution in [0.25, 0.3) is 11.0 Å². The molecule has 9 heteroatoms. The molecule has 1 amide bonds. The van der Waals surface area contributed by atoms with Gasteiger partial charge in [0.2, 0.25) is 6.23 Å². The highest BCUT2D eigenvalue weighted by molar-refractivity contribution is 6.29. The predicted molar refractivity (Wildman–Crippen MR) is 97.0 cm³/mol. The second kappa shape index (κ2) is 6.40. The molecule has 0 saturated carbocycles. The quantitative estimate of drug-likeness (QED) is 0.391. The maximum Gasteiger partial charge on any atom is 0.335 e. The largest absolute Gasteiger partial charge is 0.431 e. The van der Waals surface area contributed by atoms with E-state index in [1.54, 1.807) is 24.3 Å². The maximum atomic E-state index is 12.9. The molecule has 0 aliphatic carbocycles. The van der Waals surface area contributed by atoms with Gasteiger partial charge in [-0.3, -0.25) is 9.78 Å². The number of anilines is 1. The zero-order valence-corrected chi connectivity index (χ0v) is 14.8. The average molecular weight is 382 g/mol. The maximum absolute atomic E-state index is 12.9. The fourth-order valence-corrected chi connectivity index (χ4v) is 2.81. The Morgan fingerprint density at radius 3 is 2.70 bits per heavy atom. The van der Waals surface area contributed by atoms with Crippen LogP contribution in [0.4, 0.5) is 5.82 Å². The Balaban J connectivity index is 1.83. The summed E-state index contributed by atoms with van der Waals surface area (Å²) in [7, 11) is 0. The summed E-state index contributed by atoms with van der Waals surface area (Å²) in [5.41, 5.74) is 0.880. The molecule has 1 unspecified atom stereocenters. The zero-order chi connectivity index (χ0) is 19.1. The minimum atomic E-state index is -1.10. The molecule has 8 nitrogen and oxygen atoms in total. The molecular weight excluding hydrogens is 370 g/mol. The molecule has 0 aromatic carbocycles. The summed E-state index contributed by atoms with van der Waals surface area (Å²) >= 11 is 5.93. The molecule has 1 aliphatic heterocycles. The lowest BCUT2D eigenvalue weighted by molar-refractivity contribution is -0.144. The van der Waals surface area contributed by atoms with Gasteiger partial charge in [0.15, 0.2) is 11.3 Å². The van der Waals surface area contributed by atoms with Crippen molar-refractivity contribution in [2.24, 2.45) is 0 Å². The van der Waals surface area contributed by atoms with E-state index >= 15 is 0 Å². The van der Waals surface area contributed by atoms with Crippen LogP contribution in [0.3, 0.4) is 0 Å². The number of halogens is 1. The van der Waals surface area contributed by atoms with Crippen molar-refractivity contribution in [3.63, 3.8) is 0 Å². The number of esters is 1. The van der Waals surface area contributed by atoms with Gasteiger partial charge in [-0.05, 0) is 31.2 Å². The molecule has 0 radical (unpaired) electrons. The third-order valence-electron chi connectivity index (χ3n) is 3.93. The summed E-state index contributed by atoms with van der Waals surface area (Å²) in [5, 5.41) is 1.02. The number of nitrogens with zero attached hydrogens (tertiary/aromatic N) is 5. The van der Waals surface area contributed by atoms with Crippen molar-refractivity contribution in [2.45, 2.75) is 13.2 Å². The van der Waals surface area contributed by atoms with Gasteiger partial charge in [0.05, 0.1) is 0 Å². The van der Waals surface area contributed by atoms with Crippen LogP contribution in [-0.2, 0) is 9.53 Å². The van der Waals surface area contributed by atoms with Gasteiger partial charge in [-0.25, -0.2) is 24.6 Å². The van der Waals surface area contributed by atoms with E-state index in [9.17, 15) is 9.59 Å². The van der Waals surface area contributed by atoms with Crippen molar-refractivity contribution < 1.29 is 14.3 Å². The molecule has 0 bridgehead atoms. The molecule has 27 heavy (non-hydrogen) atoms. The van der Waals surface area contributed by atoms with Gasteiger partial charge in [-0.15, -0.1) is 0 Å². The fourth-order valence-electron chi connectivity index (χ4n) is 2.67. The van der Waals surface area contributed by atoms with Gasteiger partial charge in [0.1, 0.15) is 16.7 Å². The Morgan fingerprint density at radius 2 is 1.93 bits per heavy atom. The van der Waals surface area contributed by atoms with Crippen molar-refractivity contribution >= 4 is 40.3 Å². The molecule has 0 fully saturated rings. The number of carbonyl (C=O) groups excluding carboxylic acids is 2. The Labute approximate surface area is 158 Å². The first-order valence-electron chi connectivity index (χ1n) is 7.90. The second-order valence-electron chi connectivity index (χ2n) is 5.85. The fraction of sp³-hybridized carbons (Fsp3) is 0.111. The topological polar surface area (TPSA) is 98.2 Å². The molecule has 3 aromatic heterocycles. The van der Waals surface area contributed by atoms with Gasteiger partial charge in [0, 0.05) is 23.4 Å². The van der Waals surface area contributed by atoms with Crippen molar-refractivity contribution in [1.29, 1.82) is 0 Å². The lowest BCUT2D eigenvalue weighted by Crippen LogP contribution is -2.32. The van der Waals surface area contributed by atoms with Crippen molar-refractivity contribution in [3.05, 3.63) is 65.4 Å². The van der Waals surface area contributed by atoms with Gasteiger partial charge >= 0.3 is 5.97 Å². The summed E-state index contributed by atoms with van der Waals surface area (Å²) in [6.45, 7) is 5.08. The number of pyridine rings is 2. The number of amides is 1. The standard InChI is InChI=1S/C18H12ClN5O3/c1-9(2)18(26)27-17-14-13(20-7-8-21-14)16(25)24(17)12-6-4-10-3-5-11(19)22-15(10)23-12/h3-8,17H,1H2,2H3. The Hall–Kier alpha value is -3.39. The van der Waals surface area contributed by atoms with Crippen LogP contribution in [-0.4, -0.2) is 31.8 Å². The van der Waals surface area contributed by atoms with Crippen LogP contribution in [0.5, 0.6) is 0 Å². The number of fused-ring (bicyclic) bond motifs is 2. The third-order valence-corrected chi connectivity index (χ3v) is 4.14. The molecule has 0 spiro atoms. The lowest BCUT2D eigenvalue weighted by Gasteiger charge is -2.23. The number of rotatable bonds is 3. The van der Waals surface area contributed by atoms with Crippen LogP contribution in [0.2, 0.25) is 5.15 Å². The van der Waals surface area contributed by atoms with Gasteiger partial charge in [0.25, 0.3) is 5.91 Å². The van der Waals surface area contributed by atoms with Gasteiger partial charge in [-0.2, -0.15) is 0 Å². The van der Waals surface area contributed by atoms with Crippen LogP contribution in [0, 0.1) is 0 Å². The van der Waals surface area contributed by atoms with E-state index in [-0.39, 0.29) is 27.9 Å². The first-order chi connectivity index (χ1) is 13.0. The zero-order valence-electron chi connectivity index (χ0n) is 14.1. The molecule has 0 N–H and O–H groups in total. The van der Waals surface area contributed by atoms with E-state index in [0.717, 1.165) is 5.39 Å². The number of hydrogen-bond acceptors (Lipinski definition) is 7. The molecule has 4 rings (SSSR count). The SMILES string of the molecule is C=C(C)C(=O)OC1c2nccnc2C(=O)N1c1ccc2ccc(Cl)nc2n1. The van der Waals surface area contributed by atoms with Crippen molar-refractivity contribution in [3.8, 4) is 0 Å². The smallest absolute Gasteiger partial charge is 0.335 e. The molecule has 1 atom stereocenters. The van der Waals surface area contributed by atoms with E-state index < -0.39 is 18.1 Å². The van der Waals surface area contributed by atoms with E-state index in [4.69, 9.17) is 16.3 Å². The monoisotopic (exact) mass is 381 g/mol. The number of carbonyl (C=O) groups is 2. The highest BCUT2D eigenvalue weighted by Gasteiger charge is 2.43. The van der Waals surface area contributed by atoms with E-state index in [0.29, 0.717) is 5.65 Å². The van der Waals surface area contributed by atoms with E-state index in [1.165, 1.54) is 24.2 Å². The Bertz CT molecular complexity index is 1120. The minimum Gasteiger partial charge on any atom is -0.431 e. The molecule has 4 heterocycles. The highest BCUT2D eigenvalue weighted by Crippen LogP contribution is 2.36. The molecule has 1 aliphatic rings. The lowest BCUT2D eigenvalue weighted by atomic mass is 10.3. The molecule has 0 saturated heterocycles. The first kappa shape index (κ1) is 17.0. The highest BCUT2D eigenvalue weighted by atomic mass is 35.5. The van der Waals surface area contributed by atoms with Crippen molar-refractivity contribution in [2.75, 3.05) is 4.90 Å². The van der Waals surface area contributed by atoms with Gasteiger partial charge < -0.3 is 4.74 Å². The van der Waals surface area contributed by atoms with Crippen LogP contribution >= 0.6 is 11.6 Å². The molecular formula is C18H12ClN5O3. The summed E-state index contributed by atoms with van der Waals surface area (Å²) in [6, 6.07) is 6.79. The Kier molecular flexibility index (Phi) is 4.04. The summed E-state index contributed by atoms with van der Waals surface area (Å²) < 4.78 is 5.45. The Morgan fingerprint density at radius 1 is 1.19 bits per heavy atom. The molecule has 134 valence electrons. The van der Waals surface area contributed by atoms with E-state index in [1.807, 2.05) is 0 Å². The first-order valence-corrected chi connectivity index (χ1v) is 8.28. The van der Waals surface area contributed by atoms with Crippen LogP contribution < -0.4 is 4.90 Å². The van der Waals surface area contributed by atoms with E-state index in [2.05, 4.69) is 26.5 Å². The minimum absolute atomic E-state index is 0.0953. The second-order valence-corrected chi connectivity index (χ2v) is 6.24. The number of ether oxygens (including phenoxy) is 1. The van der Waals surface area contributed by atoms with Crippen LogP contribution in [0.1, 0.15) is 29.3 Å². The van der Waals surface area contributed by atoms with Gasteiger partial charge in [-0.1, -0.05) is 18.2 Å². The summed E-state index contributed by atoms with van der Waals surface area (Å²) in [4.78, 5) is 43.0. The summed E-state index contributed by atoms with van der Waals surface area (Å²) in [6.07, 6.45) is 1.72. The normalized spacial score (nSPS) is 15.7. The number of hydrogen-bond donors (Lipinski definition) is 0. The summed E-state index contributed by atoms with van der Waals surface area (Å²) in [5.74, 6) is -0.897. The number of aromatic nitrogens is 4. The third kappa shape index (κ3) is 2.89. The van der Waals surface area contributed by atoms with Crippen molar-refractivity contribution in [1.82, 2.24) is 19.9 Å². The molecule has 3 aromatic rings. The predicted octanol–water partition coefficient (Wildman–Crippen LogP) is 2.85. The average Bonchev–Trinajstić information content (AvgIpc) is 2.93. The van der Waals surface area contributed by atoms with Crippen LogP contribution in [0.15, 0.2) is 48.8 Å².